The van der Waals surface area contributed by atoms with Crippen LogP contribution in [-0.4, -0.2) is 99.6 Å². The Bertz CT molecular complexity index is 1530. The Kier molecular flexibility index (Phi) is 50.3. The van der Waals surface area contributed by atoms with E-state index in [0.717, 1.165) is 103 Å². The standard InChI is InChI=1S/C66H117NO10/c1-4-7-10-13-16-19-22-24-26-27-28-29-30-31-32-34-35-38-41-44-47-50-53-59(70)65(74)67-57(58(69)52-49-46-43-40-37-21-18-15-12-9-6-3)56-75-66-64(63(73)62(72)60(55-68)76-66)77-61(71)54-51-48-45-42-39-36-33-25-23-20-17-14-11-8-5-2/h16-17,19-20,23-26,28-29,49,52,57-60,62-64,66,68-70,72-73H,4-15,18,21-22,27,30-48,50-51,53-56H2,1-3H3,(H,67,74)/b19-16-,20-17+,25-23+,26-24-,29-28-,52-49+. The van der Waals surface area contributed by atoms with Crippen molar-refractivity contribution in [2.24, 2.45) is 0 Å². The molecule has 1 amide bonds. The molecule has 1 fully saturated rings. The fourth-order valence-electron chi connectivity index (χ4n) is 9.53. The number of nitrogens with one attached hydrogen (secondary N) is 1. The molecule has 0 radical (unpaired) electrons. The Morgan fingerprint density at radius 2 is 0.935 bits per heavy atom. The van der Waals surface area contributed by atoms with E-state index in [1.54, 1.807) is 6.08 Å². The maximum atomic E-state index is 13.4. The number of hydrogen-bond acceptors (Lipinski definition) is 10. The number of aliphatic hydroxyl groups is 5. The molecule has 1 heterocycles. The SMILES string of the molecule is CCCCC/C=C\C/C=C\C/C=C\CCCCCCCCCCCC(O)C(=O)NC(COC1OC(CO)C(O)C(O)C1OC(=O)CCCCCCCC/C=C/C=C/CCCCC)C(O)/C=C/CCCCCCCCCCC. The summed E-state index contributed by atoms with van der Waals surface area (Å²) in [5.41, 5.74) is 0. The van der Waals surface area contributed by atoms with Crippen LogP contribution in [0.1, 0.15) is 271 Å². The minimum absolute atomic E-state index is 0.108. The number of hydrogen-bond donors (Lipinski definition) is 6. The van der Waals surface area contributed by atoms with E-state index >= 15 is 0 Å². The number of carbonyl (C=O) groups is 2. The first-order valence-corrected chi connectivity index (χ1v) is 31.7. The van der Waals surface area contributed by atoms with Crippen LogP contribution in [0.4, 0.5) is 0 Å². The van der Waals surface area contributed by atoms with Crippen molar-refractivity contribution in [1.29, 1.82) is 0 Å². The number of rotatable bonds is 53. The van der Waals surface area contributed by atoms with Crippen molar-refractivity contribution < 1.29 is 49.3 Å². The number of amides is 1. The highest BCUT2D eigenvalue weighted by Gasteiger charge is 2.47. The van der Waals surface area contributed by atoms with Crippen molar-refractivity contribution >= 4 is 11.9 Å². The molecule has 0 aliphatic carbocycles. The Balaban J connectivity index is 2.64. The van der Waals surface area contributed by atoms with Crippen molar-refractivity contribution in [1.82, 2.24) is 5.32 Å². The second-order valence-corrected chi connectivity index (χ2v) is 21.8. The van der Waals surface area contributed by atoms with Crippen LogP contribution in [0.25, 0.3) is 0 Å². The summed E-state index contributed by atoms with van der Waals surface area (Å²) < 4.78 is 17.6. The summed E-state index contributed by atoms with van der Waals surface area (Å²) in [6.45, 7) is 5.72. The number of unbranched alkanes of at least 4 members (excludes halogenated alkanes) is 30. The largest absolute Gasteiger partial charge is 0.454 e. The van der Waals surface area contributed by atoms with E-state index in [2.05, 4.69) is 86.8 Å². The number of esters is 1. The molecule has 8 atom stereocenters. The molecule has 11 heteroatoms. The molecule has 0 aromatic heterocycles. The summed E-state index contributed by atoms with van der Waals surface area (Å²) >= 11 is 0. The van der Waals surface area contributed by atoms with Gasteiger partial charge in [0.15, 0.2) is 12.4 Å². The van der Waals surface area contributed by atoms with Crippen LogP contribution in [0.3, 0.4) is 0 Å². The third-order valence-electron chi connectivity index (χ3n) is 14.6. The topological polar surface area (TPSA) is 175 Å². The molecule has 0 bridgehead atoms. The Hall–Kier alpha value is -2.90. The third kappa shape index (κ3) is 41.7. The average molecular weight is 1080 g/mol. The van der Waals surface area contributed by atoms with Gasteiger partial charge in [0.25, 0.3) is 0 Å². The van der Waals surface area contributed by atoms with E-state index in [4.69, 9.17) is 14.2 Å². The smallest absolute Gasteiger partial charge is 0.306 e. The maximum Gasteiger partial charge on any atom is 0.306 e. The predicted molar refractivity (Wildman–Crippen MR) is 319 cm³/mol. The average Bonchev–Trinajstić information content (AvgIpc) is 3.43. The summed E-state index contributed by atoms with van der Waals surface area (Å²) in [6, 6.07) is -1.03. The molecule has 1 saturated heterocycles. The molecule has 1 aliphatic rings. The number of allylic oxidation sites excluding steroid dienone is 11. The van der Waals surface area contributed by atoms with Gasteiger partial charge in [0, 0.05) is 6.42 Å². The molecule has 11 nitrogen and oxygen atoms in total. The lowest BCUT2D eigenvalue weighted by atomic mass is 9.99. The van der Waals surface area contributed by atoms with Crippen molar-refractivity contribution in [3.63, 3.8) is 0 Å². The van der Waals surface area contributed by atoms with E-state index in [-0.39, 0.29) is 19.4 Å². The fraction of sp³-hybridized carbons (Fsp3) is 0.788. The Labute approximate surface area is 471 Å². The quantitative estimate of drug-likeness (QED) is 0.0149. The second-order valence-electron chi connectivity index (χ2n) is 21.8. The molecule has 446 valence electrons. The molecule has 0 spiro atoms. The van der Waals surface area contributed by atoms with Gasteiger partial charge in [-0.25, -0.2) is 0 Å². The first-order valence-electron chi connectivity index (χ1n) is 31.7. The molecular weight excluding hydrogens is 967 g/mol. The van der Waals surface area contributed by atoms with Crippen molar-refractivity contribution in [2.75, 3.05) is 13.2 Å². The molecule has 0 aromatic rings. The minimum Gasteiger partial charge on any atom is -0.454 e. The molecule has 0 aromatic carbocycles. The monoisotopic (exact) mass is 1080 g/mol. The molecule has 8 unspecified atom stereocenters. The van der Waals surface area contributed by atoms with Crippen LogP contribution >= 0.6 is 0 Å². The van der Waals surface area contributed by atoms with Crippen molar-refractivity contribution in [2.45, 2.75) is 320 Å². The van der Waals surface area contributed by atoms with Gasteiger partial charge in [-0.05, 0) is 89.9 Å². The normalized spacial score (nSPS) is 19.5. The summed E-state index contributed by atoms with van der Waals surface area (Å²) in [4.78, 5) is 26.5. The molecule has 0 saturated carbocycles. The Morgan fingerprint density at radius 1 is 0.519 bits per heavy atom. The van der Waals surface area contributed by atoms with Crippen LogP contribution in [0, 0.1) is 0 Å². The van der Waals surface area contributed by atoms with Gasteiger partial charge < -0.3 is 45.1 Å². The summed E-state index contributed by atoms with van der Waals surface area (Å²) in [7, 11) is 0. The lowest BCUT2D eigenvalue weighted by Crippen LogP contribution is -2.61. The second kappa shape index (κ2) is 53.7. The van der Waals surface area contributed by atoms with Gasteiger partial charge in [0.05, 0.1) is 25.4 Å². The Morgan fingerprint density at radius 3 is 1.44 bits per heavy atom. The van der Waals surface area contributed by atoms with Gasteiger partial charge in [-0.1, -0.05) is 248 Å². The van der Waals surface area contributed by atoms with Gasteiger partial charge in [0.1, 0.15) is 24.4 Å². The molecule has 6 N–H and O–H groups in total. The number of aliphatic hydroxyl groups excluding tert-OH is 5. The minimum atomic E-state index is -1.62. The zero-order valence-electron chi connectivity index (χ0n) is 49.3. The first-order chi connectivity index (χ1) is 37.7. The zero-order valence-corrected chi connectivity index (χ0v) is 49.3. The summed E-state index contributed by atoms with van der Waals surface area (Å²) in [5.74, 6) is -1.21. The van der Waals surface area contributed by atoms with Gasteiger partial charge in [-0.2, -0.15) is 0 Å². The van der Waals surface area contributed by atoms with Crippen LogP contribution in [0.15, 0.2) is 72.9 Å². The van der Waals surface area contributed by atoms with Crippen molar-refractivity contribution in [3.05, 3.63) is 72.9 Å². The van der Waals surface area contributed by atoms with Crippen molar-refractivity contribution in [3.8, 4) is 0 Å². The molecule has 77 heavy (non-hydrogen) atoms. The fourth-order valence-corrected chi connectivity index (χ4v) is 9.53. The van der Waals surface area contributed by atoms with Crippen LogP contribution in [-0.2, 0) is 23.8 Å². The van der Waals surface area contributed by atoms with E-state index in [9.17, 15) is 35.1 Å². The highest BCUT2D eigenvalue weighted by Crippen LogP contribution is 2.26. The van der Waals surface area contributed by atoms with E-state index in [1.165, 1.54) is 122 Å². The van der Waals surface area contributed by atoms with Crippen LogP contribution < -0.4 is 5.32 Å². The maximum absolute atomic E-state index is 13.4. The van der Waals surface area contributed by atoms with Gasteiger partial charge in [-0.15, -0.1) is 0 Å². The lowest BCUT2D eigenvalue weighted by molar-refractivity contribution is -0.305. The van der Waals surface area contributed by atoms with E-state index in [0.29, 0.717) is 12.8 Å². The zero-order chi connectivity index (χ0) is 56.1. The third-order valence-corrected chi connectivity index (χ3v) is 14.6. The van der Waals surface area contributed by atoms with E-state index in [1.807, 2.05) is 6.08 Å². The lowest BCUT2D eigenvalue weighted by Gasteiger charge is -2.41. The summed E-state index contributed by atoms with van der Waals surface area (Å²) in [6.07, 6.45) is 57.9. The van der Waals surface area contributed by atoms with Gasteiger partial charge in [0.2, 0.25) is 5.91 Å². The summed E-state index contributed by atoms with van der Waals surface area (Å²) in [5, 5.41) is 57.0. The van der Waals surface area contributed by atoms with Crippen LogP contribution in [0.2, 0.25) is 0 Å². The number of carbonyl (C=O) groups excluding carboxylic acids is 2. The molecular formula is C66H117NO10. The van der Waals surface area contributed by atoms with E-state index < -0.39 is 67.4 Å². The first kappa shape index (κ1) is 72.1. The van der Waals surface area contributed by atoms with Crippen LogP contribution in [0.5, 0.6) is 0 Å². The molecule has 1 rings (SSSR count). The molecule has 1 aliphatic heterocycles. The van der Waals surface area contributed by atoms with Gasteiger partial charge in [-0.3, -0.25) is 9.59 Å². The predicted octanol–water partition coefficient (Wildman–Crippen LogP) is 15.2. The highest BCUT2D eigenvalue weighted by atomic mass is 16.7. The number of ether oxygens (including phenoxy) is 3. The van der Waals surface area contributed by atoms with Gasteiger partial charge >= 0.3 is 5.97 Å². The highest BCUT2D eigenvalue weighted by molar-refractivity contribution is 5.80.